The molecule has 4 nitrogen and oxygen atoms in total. The minimum atomic E-state index is -0.294. The van der Waals surface area contributed by atoms with Crippen molar-refractivity contribution in [3.8, 4) is 0 Å². The standard InChI is InChI=1S/C13H10N2O2S2/c1-2-18-13-14-9-4-3-8(7-10(9)19-13)15-11(16)5-6-12(15)17/h3-7H,2H2,1H3. The Morgan fingerprint density at radius 2 is 2.00 bits per heavy atom. The number of nitrogens with zero attached hydrogens (tertiary/aromatic N) is 2. The Labute approximate surface area is 118 Å². The van der Waals surface area contributed by atoms with E-state index in [-0.39, 0.29) is 11.8 Å². The second-order valence-corrected chi connectivity index (χ2v) is 6.45. The fourth-order valence-corrected chi connectivity index (χ4v) is 3.87. The number of imide groups is 1. The number of hydrogen-bond donors (Lipinski definition) is 0. The number of carbonyl (C=O) groups excluding carboxylic acids is 2. The lowest BCUT2D eigenvalue weighted by Crippen LogP contribution is -2.29. The third-order valence-corrected chi connectivity index (χ3v) is 4.73. The Bertz CT molecular complexity index is 688. The molecule has 19 heavy (non-hydrogen) atoms. The van der Waals surface area contributed by atoms with Crippen LogP contribution in [0.3, 0.4) is 0 Å². The molecule has 2 heterocycles. The second-order valence-electron chi connectivity index (χ2n) is 3.91. The molecule has 0 radical (unpaired) electrons. The molecule has 96 valence electrons. The van der Waals surface area contributed by atoms with E-state index >= 15 is 0 Å². The molecule has 0 atom stereocenters. The van der Waals surface area contributed by atoms with E-state index < -0.39 is 0 Å². The molecule has 0 saturated heterocycles. The maximum Gasteiger partial charge on any atom is 0.258 e. The summed E-state index contributed by atoms with van der Waals surface area (Å²) >= 11 is 3.27. The quantitative estimate of drug-likeness (QED) is 0.644. The van der Waals surface area contributed by atoms with Crippen LogP contribution in [-0.4, -0.2) is 22.6 Å². The van der Waals surface area contributed by atoms with Crippen LogP contribution in [0.4, 0.5) is 5.69 Å². The summed E-state index contributed by atoms with van der Waals surface area (Å²) in [4.78, 5) is 28.9. The van der Waals surface area contributed by atoms with Gasteiger partial charge in [0.05, 0.1) is 15.9 Å². The van der Waals surface area contributed by atoms with Crippen LogP contribution < -0.4 is 4.90 Å². The van der Waals surface area contributed by atoms with Crippen LogP contribution in [0, 0.1) is 0 Å². The van der Waals surface area contributed by atoms with Gasteiger partial charge in [-0.1, -0.05) is 18.7 Å². The van der Waals surface area contributed by atoms with Gasteiger partial charge in [0.15, 0.2) is 4.34 Å². The van der Waals surface area contributed by atoms with Crippen LogP contribution >= 0.6 is 23.1 Å². The number of benzene rings is 1. The highest BCUT2D eigenvalue weighted by molar-refractivity contribution is 8.01. The summed E-state index contributed by atoms with van der Waals surface area (Å²) in [5.74, 6) is 0.383. The summed E-state index contributed by atoms with van der Waals surface area (Å²) in [5, 5.41) is 0. The first-order chi connectivity index (χ1) is 9.19. The second kappa shape index (κ2) is 4.79. The normalized spacial score (nSPS) is 14.9. The molecule has 1 aliphatic rings. The van der Waals surface area contributed by atoms with Crippen molar-refractivity contribution < 1.29 is 9.59 Å². The van der Waals surface area contributed by atoms with Crippen molar-refractivity contribution in [1.82, 2.24) is 4.98 Å². The average Bonchev–Trinajstić information content (AvgIpc) is 2.92. The van der Waals surface area contributed by atoms with Gasteiger partial charge in [-0.25, -0.2) is 9.88 Å². The number of amides is 2. The molecule has 3 rings (SSSR count). The highest BCUT2D eigenvalue weighted by atomic mass is 32.2. The lowest BCUT2D eigenvalue weighted by atomic mass is 10.2. The fourth-order valence-electron chi connectivity index (χ4n) is 1.87. The van der Waals surface area contributed by atoms with Crippen LogP contribution in [0.5, 0.6) is 0 Å². The monoisotopic (exact) mass is 290 g/mol. The van der Waals surface area contributed by atoms with Crippen molar-refractivity contribution in [2.24, 2.45) is 0 Å². The molecule has 2 aromatic rings. The first-order valence-corrected chi connectivity index (χ1v) is 7.59. The third kappa shape index (κ3) is 2.17. The molecule has 0 N–H and O–H groups in total. The first-order valence-electron chi connectivity index (χ1n) is 5.78. The number of anilines is 1. The highest BCUT2D eigenvalue weighted by Gasteiger charge is 2.25. The summed E-state index contributed by atoms with van der Waals surface area (Å²) in [6.45, 7) is 2.08. The van der Waals surface area contributed by atoms with E-state index in [0.717, 1.165) is 20.3 Å². The lowest BCUT2D eigenvalue weighted by molar-refractivity contribution is -0.119. The van der Waals surface area contributed by atoms with Crippen molar-refractivity contribution >= 4 is 50.8 Å². The van der Waals surface area contributed by atoms with E-state index in [1.165, 1.54) is 17.1 Å². The number of thiazole rings is 1. The summed E-state index contributed by atoms with van der Waals surface area (Å²) in [6.07, 6.45) is 2.58. The van der Waals surface area contributed by atoms with E-state index in [1.807, 2.05) is 12.1 Å². The molecule has 0 saturated carbocycles. The molecule has 0 bridgehead atoms. The van der Waals surface area contributed by atoms with Gasteiger partial charge in [0.25, 0.3) is 11.8 Å². The van der Waals surface area contributed by atoms with Gasteiger partial charge in [0, 0.05) is 12.2 Å². The van der Waals surface area contributed by atoms with Crippen molar-refractivity contribution in [2.45, 2.75) is 11.3 Å². The Balaban J connectivity index is 2.02. The number of fused-ring (bicyclic) bond motifs is 1. The maximum absolute atomic E-state index is 11.6. The number of thioether (sulfide) groups is 1. The minimum absolute atomic E-state index is 0.294. The predicted molar refractivity (Wildman–Crippen MR) is 77.7 cm³/mol. The molecule has 0 fully saturated rings. The van der Waals surface area contributed by atoms with Gasteiger partial charge < -0.3 is 0 Å². The van der Waals surface area contributed by atoms with Crippen molar-refractivity contribution in [1.29, 1.82) is 0 Å². The zero-order valence-electron chi connectivity index (χ0n) is 10.1. The van der Waals surface area contributed by atoms with Gasteiger partial charge in [0.1, 0.15) is 0 Å². The Morgan fingerprint density at radius 1 is 1.26 bits per heavy atom. The summed E-state index contributed by atoms with van der Waals surface area (Å²) in [7, 11) is 0. The Hall–Kier alpha value is -1.66. The molecular formula is C13H10N2O2S2. The van der Waals surface area contributed by atoms with Crippen LogP contribution in [0.25, 0.3) is 10.2 Å². The summed E-state index contributed by atoms with van der Waals surface area (Å²) in [5.41, 5.74) is 1.50. The van der Waals surface area contributed by atoms with E-state index in [2.05, 4.69) is 11.9 Å². The molecule has 6 heteroatoms. The number of hydrogen-bond acceptors (Lipinski definition) is 5. The van der Waals surface area contributed by atoms with Gasteiger partial charge in [0.2, 0.25) is 0 Å². The number of rotatable bonds is 3. The van der Waals surface area contributed by atoms with Crippen LogP contribution in [-0.2, 0) is 9.59 Å². The van der Waals surface area contributed by atoms with Gasteiger partial charge in [-0.2, -0.15) is 0 Å². The van der Waals surface area contributed by atoms with Crippen LogP contribution in [0.15, 0.2) is 34.7 Å². The molecule has 1 aliphatic heterocycles. The van der Waals surface area contributed by atoms with Crippen molar-refractivity contribution in [3.05, 3.63) is 30.4 Å². The summed E-state index contributed by atoms with van der Waals surface area (Å²) < 4.78 is 1.99. The zero-order chi connectivity index (χ0) is 13.4. The number of aromatic nitrogens is 1. The first kappa shape index (κ1) is 12.4. The topological polar surface area (TPSA) is 50.3 Å². The van der Waals surface area contributed by atoms with Crippen molar-refractivity contribution in [3.63, 3.8) is 0 Å². The van der Waals surface area contributed by atoms with E-state index in [4.69, 9.17) is 0 Å². The molecule has 0 unspecified atom stereocenters. The molecule has 0 spiro atoms. The minimum Gasteiger partial charge on any atom is -0.269 e. The predicted octanol–water partition coefficient (Wildman–Crippen LogP) is 2.84. The molecule has 2 amide bonds. The largest absolute Gasteiger partial charge is 0.269 e. The van der Waals surface area contributed by atoms with Gasteiger partial charge >= 0.3 is 0 Å². The van der Waals surface area contributed by atoms with Crippen LogP contribution in [0.2, 0.25) is 0 Å². The van der Waals surface area contributed by atoms with E-state index in [9.17, 15) is 9.59 Å². The Kier molecular flexibility index (Phi) is 3.12. The van der Waals surface area contributed by atoms with Gasteiger partial charge in [-0.15, -0.1) is 11.3 Å². The SMILES string of the molecule is CCSc1nc2ccc(N3C(=O)C=CC3=O)cc2s1. The van der Waals surface area contributed by atoms with E-state index in [0.29, 0.717) is 5.69 Å². The van der Waals surface area contributed by atoms with E-state index in [1.54, 1.807) is 29.2 Å². The fraction of sp³-hybridized carbons (Fsp3) is 0.154. The van der Waals surface area contributed by atoms with Gasteiger partial charge in [-0.3, -0.25) is 9.59 Å². The highest BCUT2D eigenvalue weighted by Crippen LogP contribution is 2.32. The molecular weight excluding hydrogens is 280 g/mol. The lowest BCUT2D eigenvalue weighted by Gasteiger charge is -2.13. The average molecular weight is 290 g/mol. The Morgan fingerprint density at radius 3 is 2.68 bits per heavy atom. The smallest absolute Gasteiger partial charge is 0.258 e. The zero-order valence-corrected chi connectivity index (χ0v) is 11.8. The van der Waals surface area contributed by atoms with Gasteiger partial charge in [-0.05, 0) is 24.0 Å². The molecule has 1 aromatic heterocycles. The molecule has 1 aromatic carbocycles. The maximum atomic E-state index is 11.6. The third-order valence-electron chi connectivity index (χ3n) is 2.69. The van der Waals surface area contributed by atoms with Crippen LogP contribution in [0.1, 0.15) is 6.92 Å². The van der Waals surface area contributed by atoms with Crippen molar-refractivity contribution in [2.75, 3.05) is 10.7 Å². The summed E-state index contributed by atoms with van der Waals surface area (Å²) in [6, 6.07) is 5.44. The molecule has 0 aliphatic carbocycles. The number of carbonyl (C=O) groups is 2.